The van der Waals surface area contributed by atoms with Crippen LogP contribution in [0.4, 0.5) is 5.69 Å². The van der Waals surface area contributed by atoms with E-state index in [0.29, 0.717) is 22.4 Å². The second-order valence-electron chi connectivity index (χ2n) is 11.6. The Morgan fingerprint density at radius 2 is 1.67 bits per heavy atom. The summed E-state index contributed by atoms with van der Waals surface area (Å²) in [6.07, 6.45) is 0.160. The molecule has 6 N–H and O–H groups in total. The second-order valence-corrected chi connectivity index (χ2v) is 11.6. The Bertz CT molecular complexity index is 1660. The molecule has 3 aliphatic carbocycles. The number of hydrogen-bond donors (Lipinski definition) is 5. The Morgan fingerprint density at radius 3 is 2.21 bits per heavy atom. The van der Waals surface area contributed by atoms with E-state index >= 15 is 0 Å². The molecule has 0 unspecified atom stereocenters. The number of ketones is 2. The topological polar surface area (TPSA) is 191 Å². The normalized spacial score (nSPS) is 24.9. The van der Waals surface area contributed by atoms with E-state index in [1.54, 1.807) is 51.3 Å². The lowest BCUT2D eigenvalue weighted by atomic mass is 9.58. The third-order valence-electron chi connectivity index (χ3n) is 8.80. The maximum Gasteiger partial charge on any atom is 0.337 e. The van der Waals surface area contributed by atoms with Gasteiger partial charge in [-0.25, -0.2) is 4.79 Å². The Labute approximate surface area is 247 Å². The number of primary amides is 1. The van der Waals surface area contributed by atoms with Crippen molar-refractivity contribution in [2.75, 3.05) is 40.2 Å². The first-order valence-electron chi connectivity index (χ1n) is 13.6. The number of phenolic OH excluding ortho intramolecular Hbond substituents is 1. The number of esters is 1. The number of hydrogen-bond acceptors (Lipinski definition) is 11. The number of carbonyl (C=O) groups is 4. The molecule has 0 aliphatic heterocycles. The minimum Gasteiger partial charge on any atom is -0.510 e. The largest absolute Gasteiger partial charge is 0.510 e. The fourth-order valence-corrected chi connectivity index (χ4v) is 6.82. The summed E-state index contributed by atoms with van der Waals surface area (Å²) in [5.74, 6) is -7.60. The number of aliphatic hydroxyl groups is 3. The Kier molecular flexibility index (Phi) is 7.10. The molecular formula is C31H33N3O9. The van der Waals surface area contributed by atoms with Gasteiger partial charge < -0.3 is 35.8 Å². The van der Waals surface area contributed by atoms with Gasteiger partial charge in [0, 0.05) is 36.8 Å². The number of phenols is 1. The summed E-state index contributed by atoms with van der Waals surface area (Å²) >= 11 is 0. The van der Waals surface area contributed by atoms with Crippen molar-refractivity contribution in [3.8, 4) is 16.9 Å². The predicted molar refractivity (Wildman–Crippen MR) is 155 cm³/mol. The van der Waals surface area contributed by atoms with E-state index in [9.17, 15) is 39.6 Å². The maximum absolute atomic E-state index is 14.2. The van der Waals surface area contributed by atoms with Crippen LogP contribution in [-0.2, 0) is 20.7 Å². The van der Waals surface area contributed by atoms with Crippen LogP contribution < -0.4 is 10.6 Å². The predicted octanol–water partition coefficient (Wildman–Crippen LogP) is 1.64. The van der Waals surface area contributed by atoms with Gasteiger partial charge in [-0.05, 0) is 62.2 Å². The van der Waals surface area contributed by atoms with Gasteiger partial charge in [0.25, 0.3) is 5.91 Å². The molecule has 0 heterocycles. The Morgan fingerprint density at radius 1 is 1.05 bits per heavy atom. The van der Waals surface area contributed by atoms with Crippen molar-refractivity contribution in [1.82, 2.24) is 4.90 Å². The lowest BCUT2D eigenvalue weighted by Gasteiger charge is -2.50. The highest BCUT2D eigenvalue weighted by atomic mass is 16.5. The van der Waals surface area contributed by atoms with Crippen LogP contribution in [0, 0.1) is 11.8 Å². The number of benzene rings is 2. The third-order valence-corrected chi connectivity index (χ3v) is 8.80. The molecule has 0 saturated heterocycles. The van der Waals surface area contributed by atoms with Crippen molar-refractivity contribution in [3.63, 3.8) is 0 Å². The number of allylic oxidation sites excluding steroid dienone is 1. The van der Waals surface area contributed by atoms with E-state index in [0.717, 1.165) is 0 Å². The zero-order chi connectivity index (χ0) is 31.7. The summed E-state index contributed by atoms with van der Waals surface area (Å²) < 4.78 is 4.75. The van der Waals surface area contributed by atoms with E-state index < -0.39 is 64.0 Å². The van der Waals surface area contributed by atoms with Gasteiger partial charge in [0.2, 0.25) is 5.78 Å². The molecule has 0 bridgehead atoms. The van der Waals surface area contributed by atoms with Gasteiger partial charge in [-0.15, -0.1) is 0 Å². The number of amides is 1. The van der Waals surface area contributed by atoms with Crippen LogP contribution >= 0.6 is 0 Å². The van der Waals surface area contributed by atoms with Crippen LogP contribution in [0.1, 0.15) is 32.7 Å². The smallest absolute Gasteiger partial charge is 0.337 e. The highest BCUT2D eigenvalue weighted by molar-refractivity contribution is 6.25. The number of ether oxygens (including phenoxy) is 1. The molecule has 12 nitrogen and oxygen atoms in total. The number of aliphatic hydroxyl groups excluding tert-OH is 2. The number of anilines is 1. The molecule has 3 aliphatic rings. The standard InChI is InChI=1S/C31H33N3O9/c1-33(2)19-12-16(13-6-8-14(9-7-13)30(41)43-5)24(35)21-17(19)10-15-11-18-23(34(3)4)26(37)22(29(32)40)28(39)31(18,42)27(38)20(15)25(21)36/h6-9,12,15,18,23,35,37-38,42H,10-11H2,1-5H3,(H2,32,40)/t15-,18-,23-,31-/m0/s1. The molecule has 2 aromatic carbocycles. The number of nitrogens with two attached hydrogens (primary N) is 1. The molecule has 0 saturated carbocycles. The molecule has 226 valence electrons. The minimum atomic E-state index is -2.72. The van der Waals surface area contributed by atoms with Crippen molar-refractivity contribution in [1.29, 1.82) is 0 Å². The first-order valence-corrected chi connectivity index (χ1v) is 13.6. The molecule has 12 heteroatoms. The fraction of sp³-hybridized carbons (Fsp3) is 0.355. The molecule has 5 rings (SSSR count). The number of rotatable bonds is 5. The van der Waals surface area contributed by atoms with Gasteiger partial charge in [0.1, 0.15) is 22.8 Å². The second kappa shape index (κ2) is 10.2. The van der Waals surface area contributed by atoms with Gasteiger partial charge in [-0.3, -0.25) is 19.3 Å². The van der Waals surface area contributed by atoms with Crippen molar-refractivity contribution < 1.29 is 44.3 Å². The number of carbonyl (C=O) groups excluding carboxylic acids is 4. The Hall–Kier alpha value is -4.68. The highest BCUT2D eigenvalue weighted by Gasteiger charge is 2.63. The lowest BCUT2D eigenvalue weighted by Crippen LogP contribution is -2.63. The van der Waals surface area contributed by atoms with Gasteiger partial charge >= 0.3 is 5.97 Å². The summed E-state index contributed by atoms with van der Waals surface area (Å²) in [4.78, 5) is 55.1. The van der Waals surface area contributed by atoms with Gasteiger partial charge in [0.05, 0.1) is 24.3 Å². The number of nitrogens with zero attached hydrogens (tertiary/aromatic N) is 2. The van der Waals surface area contributed by atoms with E-state index in [-0.39, 0.29) is 35.3 Å². The van der Waals surface area contributed by atoms with Crippen LogP contribution in [0.15, 0.2) is 53.0 Å². The minimum absolute atomic E-state index is 0.00384. The van der Waals surface area contributed by atoms with E-state index in [1.165, 1.54) is 24.1 Å². The van der Waals surface area contributed by atoms with Crippen molar-refractivity contribution >= 4 is 29.1 Å². The molecule has 0 radical (unpaired) electrons. The molecule has 2 aromatic rings. The lowest BCUT2D eigenvalue weighted by molar-refractivity contribution is -0.148. The van der Waals surface area contributed by atoms with Crippen LogP contribution in [0.5, 0.6) is 5.75 Å². The van der Waals surface area contributed by atoms with E-state index in [2.05, 4.69) is 0 Å². The van der Waals surface area contributed by atoms with Crippen LogP contribution in [0.25, 0.3) is 11.1 Å². The molecule has 0 spiro atoms. The quantitative estimate of drug-likeness (QED) is 0.251. The number of aromatic hydroxyl groups is 1. The third kappa shape index (κ3) is 4.20. The van der Waals surface area contributed by atoms with Crippen LogP contribution in [0.3, 0.4) is 0 Å². The zero-order valence-corrected chi connectivity index (χ0v) is 24.3. The van der Waals surface area contributed by atoms with Crippen LogP contribution in [-0.4, -0.2) is 95.7 Å². The van der Waals surface area contributed by atoms with Crippen molar-refractivity contribution in [2.45, 2.75) is 24.5 Å². The number of Topliss-reactive ketones (excluding diaryl/α,β-unsaturated/α-hetero) is 2. The average molecular weight is 592 g/mol. The number of fused-ring (bicyclic) bond motifs is 3. The maximum atomic E-state index is 14.2. The number of methoxy groups -OCH3 is 1. The van der Waals surface area contributed by atoms with Crippen molar-refractivity contribution in [2.24, 2.45) is 17.6 Å². The van der Waals surface area contributed by atoms with Gasteiger partial charge in [-0.1, -0.05) is 12.1 Å². The molecule has 0 fully saturated rings. The SMILES string of the molecule is COC(=O)c1ccc(-c2cc(N(C)C)c3c(c2O)C(=O)C2=C(O)[C@]4(O)C(=O)C(C(N)=O)=C(O)[C@@H](N(C)C)[C@@H]4C[C@@H]2C3)cc1. The van der Waals surface area contributed by atoms with Gasteiger partial charge in [-0.2, -0.15) is 0 Å². The van der Waals surface area contributed by atoms with Gasteiger partial charge in [0.15, 0.2) is 11.4 Å². The summed E-state index contributed by atoms with van der Waals surface area (Å²) in [7, 11) is 7.97. The number of likely N-dealkylation sites (N-methyl/N-ethyl adjacent to an activating group) is 1. The molecular weight excluding hydrogens is 558 g/mol. The molecule has 4 atom stereocenters. The summed E-state index contributed by atoms with van der Waals surface area (Å²) in [5.41, 5.74) is 3.68. The summed E-state index contributed by atoms with van der Waals surface area (Å²) in [5, 5.41) is 45.8. The monoisotopic (exact) mass is 591 g/mol. The first kappa shape index (κ1) is 29.8. The summed E-state index contributed by atoms with van der Waals surface area (Å²) in [6.45, 7) is 0. The zero-order valence-electron chi connectivity index (χ0n) is 24.3. The van der Waals surface area contributed by atoms with E-state index in [1.807, 2.05) is 0 Å². The highest BCUT2D eigenvalue weighted by Crippen LogP contribution is 2.54. The fourth-order valence-electron chi connectivity index (χ4n) is 6.82. The Balaban J connectivity index is 1.72. The summed E-state index contributed by atoms with van der Waals surface area (Å²) in [6, 6.07) is 6.90. The van der Waals surface area contributed by atoms with E-state index in [4.69, 9.17) is 10.5 Å². The first-order chi connectivity index (χ1) is 20.2. The van der Waals surface area contributed by atoms with Crippen LogP contribution in [0.2, 0.25) is 0 Å². The molecule has 1 amide bonds. The molecule has 0 aromatic heterocycles. The van der Waals surface area contributed by atoms with Crippen molar-refractivity contribution in [3.05, 3.63) is 69.7 Å². The average Bonchev–Trinajstić information content (AvgIpc) is 2.94. The molecule has 43 heavy (non-hydrogen) atoms.